The third-order valence-corrected chi connectivity index (χ3v) is 6.68. The Morgan fingerprint density at radius 1 is 1.19 bits per heavy atom. The number of pyridine rings is 1. The molecule has 5 heteroatoms. The van der Waals surface area contributed by atoms with Gasteiger partial charge in [0.15, 0.2) is 0 Å². The van der Waals surface area contributed by atoms with Crippen LogP contribution in [0.25, 0.3) is 10.9 Å². The van der Waals surface area contributed by atoms with Crippen molar-refractivity contribution in [2.75, 3.05) is 6.54 Å². The molecule has 1 aromatic carbocycles. The number of hydrogen-bond acceptors (Lipinski definition) is 4. The fraction of sp³-hybridized carbons (Fsp3) is 0.346. The molecule has 0 fully saturated rings. The fourth-order valence-electron chi connectivity index (χ4n) is 4.99. The smallest absolute Gasteiger partial charge is 0.248 e. The van der Waals surface area contributed by atoms with Crippen molar-refractivity contribution in [2.45, 2.75) is 50.7 Å². The minimum atomic E-state index is -0.737. The van der Waals surface area contributed by atoms with Crippen molar-refractivity contribution in [3.8, 4) is 5.75 Å². The zero-order valence-electron chi connectivity index (χ0n) is 17.5. The highest BCUT2D eigenvalue weighted by molar-refractivity contribution is 5.87. The van der Waals surface area contributed by atoms with Gasteiger partial charge in [0.1, 0.15) is 5.75 Å². The van der Waals surface area contributed by atoms with Crippen LogP contribution in [0.15, 0.2) is 75.7 Å². The number of fused-ring (bicyclic) bond motifs is 2. The molecule has 3 aliphatic carbocycles. The lowest BCUT2D eigenvalue weighted by molar-refractivity contribution is 0.171. The molecule has 3 aliphatic rings. The molecule has 0 aliphatic heterocycles. The molecule has 31 heavy (non-hydrogen) atoms. The van der Waals surface area contributed by atoms with E-state index in [2.05, 4.69) is 34.6 Å². The van der Waals surface area contributed by atoms with Crippen LogP contribution in [0.3, 0.4) is 0 Å². The minimum absolute atomic E-state index is 0.00651. The third-order valence-electron chi connectivity index (χ3n) is 6.68. The molecule has 5 nitrogen and oxygen atoms in total. The standard InChI is InChI=1S/C26H28N2O3/c29-23-10-8-21(22-9-11-25(31)28-26(22)23)24(30)15-27-20-7-6-18-12-16-4-2-1-3-5-17(16)13-19(18)14-20/h3,5-6,8-11,13,20,24,27,29-30H,1-2,4,7,12,14-15H2,(H,28,31)/t20?,24-/m1/s1. The average molecular weight is 417 g/mol. The number of aromatic amines is 1. The van der Waals surface area contributed by atoms with Gasteiger partial charge in [0, 0.05) is 24.0 Å². The minimum Gasteiger partial charge on any atom is -0.506 e. The molecule has 0 radical (unpaired) electrons. The van der Waals surface area contributed by atoms with Crippen LogP contribution in [-0.4, -0.2) is 27.8 Å². The van der Waals surface area contributed by atoms with E-state index >= 15 is 0 Å². The van der Waals surface area contributed by atoms with Crippen molar-refractivity contribution < 1.29 is 10.2 Å². The predicted octanol–water partition coefficient (Wildman–Crippen LogP) is 4.31. The van der Waals surface area contributed by atoms with Gasteiger partial charge < -0.3 is 20.5 Å². The Morgan fingerprint density at radius 3 is 3.00 bits per heavy atom. The summed E-state index contributed by atoms with van der Waals surface area (Å²) in [7, 11) is 0. The van der Waals surface area contributed by atoms with Gasteiger partial charge in [0.25, 0.3) is 0 Å². The fourth-order valence-corrected chi connectivity index (χ4v) is 4.99. The number of hydrogen-bond donors (Lipinski definition) is 4. The summed E-state index contributed by atoms with van der Waals surface area (Å²) in [5.41, 5.74) is 6.64. The molecule has 2 atom stereocenters. The van der Waals surface area contributed by atoms with Crippen LogP contribution in [0.5, 0.6) is 5.75 Å². The molecular weight excluding hydrogens is 388 g/mol. The maximum absolute atomic E-state index is 11.6. The van der Waals surface area contributed by atoms with E-state index < -0.39 is 6.10 Å². The Hall–Kier alpha value is -2.89. The predicted molar refractivity (Wildman–Crippen MR) is 123 cm³/mol. The Morgan fingerprint density at radius 2 is 2.10 bits per heavy atom. The van der Waals surface area contributed by atoms with Crippen LogP contribution in [-0.2, 0) is 0 Å². The molecule has 0 saturated carbocycles. The zero-order chi connectivity index (χ0) is 21.4. The number of aliphatic hydroxyl groups is 1. The summed E-state index contributed by atoms with van der Waals surface area (Å²) in [6, 6.07) is 6.59. The topological polar surface area (TPSA) is 85.3 Å². The van der Waals surface area contributed by atoms with Crippen molar-refractivity contribution in [3.05, 3.63) is 86.8 Å². The highest BCUT2D eigenvalue weighted by Crippen LogP contribution is 2.38. The van der Waals surface area contributed by atoms with E-state index in [1.54, 1.807) is 17.7 Å². The molecule has 5 rings (SSSR count). The first kappa shape index (κ1) is 20.0. The molecule has 0 bridgehead atoms. The molecular formula is C26H28N2O3. The molecule has 2 aromatic rings. The average Bonchev–Trinajstić information content (AvgIpc) is 3.01. The summed E-state index contributed by atoms with van der Waals surface area (Å²) in [5.74, 6) is 0.00651. The second-order valence-electron chi connectivity index (χ2n) is 8.78. The van der Waals surface area contributed by atoms with E-state index in [1.807, 2.05) is 0 Å². The number of rotatable bonds is 4. The Balaban J connectivity index is 1.30. The number of H-pyrrole nitrogens is 1. The van der Waals surface area contributed by atoms with E-state index in [9.17, 15) is 15.0 Å². The van der Waals surface area contributed by atoms with E-state index in [4.69, 9.17) is 0 Å². The van der Waals surface area contributed by atoms with Crippen LogP contribution in [0.4, 0.5) is 0 Å². The number of allylic oxidation sites excluding steroid dienone is 6. The summed E-state index contributed by atoms with van der Waals surface area (Å²) in [5, 5.41) is 25.1. The summed E-state index contributed by atoms with van der Waals surface area (Å²) in [4.78, 5) is 14.3. The lowest BCUT2D eigenvalue weighted by atomic mass is 9.80. The van der Waals surface area contributed by atoms with Crippen molar-refractivity contribution >= 4 is 10.9 Å². The van der Waals surface area contributed by atoms with Gasteiger partial charge in [0.2, 0.25) is 5.56 Å². The lowest BCUT2D eigenvalue weighted by Crippen LogP contribution is -2.34. The maximum Gasteiger partial charge on any atom is 0.248 e. The van der Waals surface area contributed by atoms with Gasteiger partial charge >= 0.3 is 0 Å². The first-order valence-corrected chi connectivity index (χ1v) is 11.1. The number of phenols is 1. The molecule has 1 aromatic heterocycles. The Labute approximate surface area is 181 Å². The van der Waals surface area contributed by atoms with Crippen LogP contribution in [0.1, 0.15) is 50.2 Å². The van der Waals surface area contributed by atoms with Gasteiger partial charge in [-0.05, 0) is 72.9 Å². The maximum atomic E-state index is 11.6. The van der Waals surface area contributed by atoms with Gasteiger partial charge in [-0.2, -0.15) is 0 Å². The van der Waals surface area contributed by atoms with Crippen molar-refractivity contribution in [2.24, 2.45) is 0 Å². The lowest BCUT2D eigenvalue weighted by Gasteiger charge is -2.30. The summed E-state index contributed by atoms with van der Waals surface area (Å²) >= 11 is 0. The molecule has 1 unspecified atom stereocenters. The quantitative estimate of drug-likeness (QED) is 0.598. The highest BCUT2D eigenvalue weighted by atomic mass is 16.3. The van der Waals surface area contributed by atoms with Crippen molar-refractivity contribution in [3.63, 3.8) is 0 Å². The molecule has 4 N–H and O–H groups in total. The molecule has 160 valence electrons. The number of phenolic OH excluding ortho intramolecular Hbond substituents is 1. The summed E-state index contributed by atoms with van der Waals surface area (Å²) < 4.78 is 0. The van der Waals surface area contributed by atoms with E-state index in [1.165, 1.54) is 41.7 Å². The number of benzene rings is 1. The normalized spacial score (nSPS) is 21.8. The zero-order valence-corrected chi connectivity index (χ0v) is 17.5. The SMILES string of the molecule is O=c1ccc2c([C@H](O)CNC3CC=C4CC5=C(C=CCCC5)C=C4C3)ccc(O)c2[nH]1. The number of aliphatic hydroxyl groups excluding tert-OH is 1. The van der Waals surface area contributed by atoms with Crippen LogP contribution < -0.4 is 10.9 Å². The van der Waals surface area contributed by atoms with E-state index in [-0.39, 0.29) is 17.4 Å². The molecule has 0 amide bonds. The van der Waals surface area contributed by atoms with Crippen molar-refractivity contribution in [1.82, 2.24) is 10.3 Å². The third kappa shape index (κ3) is 4.03. The largest absolute Gasteiger partial charge is 0.506 e. The molecule has 0 saturated heterocycles. The van der Waals surface area contributed by atoms with Crippen LogP contribution in [0.2, 0.25) is 0 Å². The number of aromatic hydroxyl groups is 1. The van der Waals surface area contributed by atoms with Crippen LogP contribution >= 0.6 is 0 Å². The Bertz CT molecular complexity index is 1200. The summed E-state index contributed by atoms with van der Waals surface area (Å²) in [6.07, 6.45) is 15.2. The van der Waals surface area contributed by atoms with Crippen LogP contribution in [0, 0.1) is 0 Å². The Kier molecular flexibility index (Phi) is 5.38. The second-order valence-corrected chi connectivity index (χ2v) is 8.78. The van der Waals surface area contributed by atoms with Crippen molar-refractivity contribution in [1.29, 1.82) is 0 Å². The van der Waals surface area contributed by atoms with Gasteiger partial charge in [-0.3, -0.25) is 4.79 Å². The first-order valence-electron chi connectivity index (χ1n) is 11.1. The monoisotopic (exact) mass is 416 g/mol. The van der Waals surface area contributed by atoms with E-state index in [0.29, 0.717) is 23.0 Å². The number of nitrogens with one attached hydrogen (secondary N) is 2. The summed E-state index contributed by atoms with van der Waals surface area (Å²) in [6.45, 7) is 0.411. The van der Waals surface area contributed by atoms with Gasteiger partial charge in [0.05, 0.1) is 11.6 Å². The second kappa shape index (κ2) is 8.33. The molecule has 1 heterocycles. The highest BCUT2D eigenvalue weighted by Gasteiger charge is 2.24. The van der Waals surface area contributed by atoms with Gasteiger partial charge in [-0.1, -0.05) is 35.9 Å². The van der Waals surface area contributed by atoms with E-state index in [0.717, 1.165) is 25.7 Å². The van der Waals surface area contributed by atoms with Gasteiger partial charge in [-0.25, -0.2) is 0 Å². The number of aromatic nitrogens is 1. The first-order chi connectivity index (χ1) is 15.1. The van der Waals surface area contributed by atoms with Gasteiger partial charge in [-0.15, -0.1) is 0 Å². The molecule has 0 spiro atoms.